The molecule has 1 fully saturated rings. The lowest BCUT2D eigenvalue weighted by atomic mass is 9.83. The van der Waals surface area contributed by atoms with Gasteiger partial charge in [-0.25, -0.2) is 9.78 Å². The molecule has 2 aliphatic heterocycles. The molecule has 5 rings (SSSR count). The van der Waals surface area contributed by atoms with Gasteiger partial charge in [0.15, 0.2) is 0 Å². The molecule has 0 spiro atoms. The highest BCUT2D eigenvalue weighted by atomic mass is 16.5. The molecular formula is C31H41N5O4. The molecule has 9 heteroatoms. The molecular weight excluding hydrogens is 506 g/mol. The van der Waals surface area contributed by atoms with Crippen molar-refractivity contribution in [2.24, 2.45) is 7.05 Å². The van der Waals surface area contributed by atoms with Crippen molar-refractivity contribution in [3.8, 4) is 5.75 Å². The number of aromatic amines is 1. The topological polar surface area (TPSA) is 92.7 Å². The quantitative estimate of drug-likeness (QED) is 0.427. The van der Waals surface area contributed by atoms with Crippen LogP contribution in [-0.2, 0) is 22.0 Å². The lowest BCUT2D eigenvalue weighted by Gasteiger charge is -2.29. The molecule has 1 amide bonds. The minimum Gasteiger partial charge on any atom is -0.492 e. The number of nitrogens with zero attached hydrogens (tertiary/aromatic N) is 4. The fourth-order valence-corrected chi connectivity index (χ4v) is 5.76. The van der Waals surface area contributed by atoms with E-state index in [0.29, 0.717) is 30.0 Å². The van der Waals surface area contributed by atoms with Gasteiger partial charge in [-0.15, -0.1) is 0 Å². The van der Waals surface area contributed by atoms with Gasteiger partial charge >= 0.3 is 5.97 Å². The zero-order valence-corrected chi connectivity index (χ0v) is 24.5. The predicted octanol–water partition coefficient (Wildman–Crippen LogP) is 4.80. The fraction of sp³-hybridized carbons (Fsp3) is 0.516. The number of amides is 1. The van der Waals surface area contributed by atoms with E-state index in [2.05, 4.69) is 23.7 Å². The van der Waals surface area contributed by atoms with E-state index in [0.717, 1.165) is 47.9 Å². The molecule has 0 atom stereocenters. The van der Waals surface area contributed by atoms with E-state index in [1.165, 1.54) is 19.3 Å². The van der Waals surface area contributed by atoms with E-state index in [4.69, 9.17) is 14.5 Å². The first-order valence-corrected chi connectivity index (χ1v) is 14.3. The molecule has 40 heavy (non-hydrogen) atoms. The average molecular weight is 548 g/mol. The second-order valence-electron chi connectivity index (χ2n) is 11.9. The number of benzene rings is 1. The summed E-state index contributed by atoms with van der Waals surface area (Å²) in [4.78, 5) is 39.5. The first kappa shape index (κ1) is 28.0. The van der Waals surface area contributed by atoms with Gasteiger partial charge in [-0.3, -0.25) is 9.69 Å². The van der Waals surface area contributed by atoms with Gasteiger partial charge in [0.25, 0.3) is 5.91 Å². The molecule has 3 aromatic rings. The number of fused-ring (bicyclic) bond motifs is 3. The standard InChI is InChI=1S/C31H41N5O4/c1-20(2)40-30(38)24-18-36(19-31(4,5)25-26(24)33-28-27(25)32-21(3)34(28)6)29(37)22-10-12-23(13-11-22)39-17-16-35-14-8-7-9-15-35/h10-13,18,20,33H,7-9,14-17,19H2,1-6H3. The molecule has 9 nitrogen and oxygen atoms in total. The van der Waals surface area contributed by atoms with Crippen molar-refractivity contribution in [1.82, 2.24) is 24.3 Å². The van der Waals surface area contributed by atoms with Crippen molar-refractivity contribution >= 4 is 28.6 Å². The highest BCUT2D eigenvalue weighted by Crippen LogP contribution is 2.40. The number of rotatable bonds is 7. The lowest BCUT2D eigenvalue weighted by Crippen LogP contribution is -2.37. The van der Waals surface area contributed by atoms with Crippen LogP contribution in [0.3, 0.4) is 0 Å². The second-order valence-corrected chi connectivity index (χ2v) is 11.9. The Labute approximate surface area is 236 Å². The molecule has 0 unspecified atom stereocenters. The summed E-state index contributed by atoms with van der Waals surface area (Å²) in [6.45, 7) is 13.9. The number of nitrogens with one attached hydrogen (secondary N) is 1. The van der Waals surface area contributed by atoms with Crippen LogP contribution in [0.4, 0.5) is 0 Å². The van der Waals surface area contributed by atoms with E-state index < -0.39 is 11.4 Å². The summed E-state index contributed by atoms with van der Waals surface area (Å²) in [5.41, 5.74) is 3.55. The predicted molar refractivity (Wildman–Crippen MR) is 155 cm³/mol. The van der Waals surface area contributed by atoms with Crippen LogP contribution in [0.2, 0.25) is 0 Å². The number of carbonyl (C=O) groups is 2. The van der Waals surface area contributed by atoms with Crippen molar-refractivity contribution in [3.63, 3.8) is 0 Å². The van der Waals surface area contributed by atoms with Crippen molar-refractivity contribution < 1.29 is 19.1 Å². The lowest BCUT2D eigenvalue weighted by molar-refractivity contribution is -0.140. The van der Waals surface area contributed by atoms with E-state index >= 15 is 0 Å². The minimum atomic E-state index is -0.502. The summed E-state index contributed by atoms with van der Waals surface area (Å²) in [5.74, 6) is 0.934. The molecule has 214 valence electrons. The van der Waals surface area contributed by atoms with E-state index in [1.807, 2.05) is 44.5 Å². The summed E-state index contributed by atoms with van der Waals surface area (Å²) < 4.78 is 13.6. The Morgan fingerprint density at radius 1 is 1.10 bits per heavy atom. The smallest absolute Gasteiger partial charge is 0.342 e. The maximum absolute atomic E-state index is 13.8. The van der Waals surface area contributed by atoms with Crippen molar-refractivity contribution in [2.75, 3.05) is 32.8 Å². The van der Waals surface area contributed by atoms with Crippen LogP contribution < -0.4 is 4.74 Å². The van der Waals surface area contributed by atoms with Crippen molar-refractivity contribution in [3.05, 3.63) is 53.1 Å². The van der Waals surface area contributed by atoms with E-state index in [1.54, 1.807) is 23.2 Å². The normalized spacial score (nSPS) is 17.5. The summed E-state index contributed by atoms with van der Waals surface area (Å²) in [6.07, 6.45) is 5.16. The van der Waals surface area contributed by atoms with Gasteiger partial charge in [0.1, 0.15) is 29.3 Å². The fourth-order valence-electron chi connectivity index (χ4n) is 5.76. The molecule has 0 aliphatic carbocycles. The molecule has 0 bridgehead atoms. The van der Waals surface area contributed by atoms with Gasteiger partial charge in [0, 0.05) is 42.9 Å². The molecule has 1 N–H and O–H groups in total. The van der Waals surface area contributed by atoms with Gasteiger partial charge in [0.2, 0.25) is 0 Å². The Balaban J connectivity index is 1.41. The number of likely N-dealkylation sites (tertiary alicyclic amines) is 1. The van der Waals surface area contributed by atoms with Crippen LogP contribution in [0.25, 0.3) is 16.7 Å². The Kier molecular flexibility index (Phi) is 7.77. The number of hydrogen-bond donors (Lipinski definition) is 1. The third-order valence-electron chi connectivity index (χ3n) is 7.90. The highest BCUT2D eigenvalue weighted by molar-refractivity contribution is 6.18. The van der Waals surface area contributed by atoms with Crippen LogP contribution in [0.1, 0.15) is 74.4 Å². The summed E-state index contributed by atoms with van der Waals surface area (Å²) in [6, 6.07) is 7.26. The van der Waals surface area contributed by atoms with Gasteiger partial charge < -0.3 is 23.9 Å². The maximum Gasteiger partial charge on any atom is 0.342 e. The van der Waals surface area contributed by atoms with Gasteiger partial charge in [-0.05, 0) is 71.0 Å². The molecule has 0 saturated carbocycles. The third kappa shape index (κ3) is 5.52. The Morgan fingerprint density at radius 3 is 2.48 bits per heavy atom. The number of hydrogen-bond acceptors (Lipinski definition) is 6. The van der Waals surface area contributed by atoms with Crippen molar-refractivity contribution in [1.29, 1.82) is 0 Å². The zero-order valence-electron chi connectivity index (χ0n) is 24.5. The summed E-state index contributed by atoms with van der Waals surface area (Å²) in [7, 11) is 1.94. The largest absolute Gasteiger partial charge is 0.492 e. The molecule has 1 aromatic carbocycles. The summed E-state index contributed by atoms with van der Waals surface area (Å²) >= 11 is 0. The van der Waals surface area contributed by atoms with Gasteiger partial charge in [-0.1, -0.05) is 20.3 Å². The van der Waals surface area contributed by atoms with Crippen LogP contribution in [0.5, 0.6) is 5.75 Å². The Bertz CT molecular complexity index is 1420. The number of piperidine rings is 1. The number of aromatic nitrogens is 3. The summed E-state index contributed by atoms with van der Waals surface area (Å²) in [5, 5.41) is 0. The second kappa shape index (κ2) is 11.1. The number of carbonyl (C=O) groups excluding carboxylic acids is 2. The molecule has 4 heterocycles. The van der Waals surface area contributed by atoms with Crippen LogP contribution in [-0.4, -0.2) is 75.1 Å². The molecule has 2 aliphatic rings. The van der Waals surface area contributed by atoms with Crippen molar-refractivity contribution in [2.45, 2.75) is 65.4 Å². The van der Waals surface area contributed by atoms with E-state index in [9.17, 15) is 9.59 Å². The minimum absolute atomic E-state index is 0.193. The first-order chi connectivity index (χ1) is 19.0. The highest BCUT2D eigenvalue weighted by Gasteiger charge is 2.39. The third-order valence-corrected chi connectivity index (χ3v) is 7.90. The number of esters is 1. The SMILES string of the molecule is Cc1nc2c3c([nH]c2n1C)C(C(=O)OC(C)C)=CN(C(=O)c1ccc(OCCN2CCCCC2)cc1)CC3(C)C. The Hall–Kier alpha value is -3.59. The zero-order chi connectivity index (χ0) is 28.6. The molecule has 1 saturated heterocycles. The van der Waals surface area contributed by atoms with Crippen LogP contribution in [0.15, 0.2) is 30.5 Å². The maximum atomic E-state index is 13.8. The molecule has 2 aromatic heterocycles. The van der Waals surface area contributed by atoms with E-state index in [-0.39, 0.29) is 12.0 Å². The van der Waals surface area contributed by atoms with Gasteiger partial charge in [0.05, 0.1) is 17.4 Å². The monoisotopic (exact) mass is 547 g/mol. The van der Waals surface area contributed by atoms with Gasteiger partial charge in [-0.2, -0.15) is 0 Å². The number of H-pyrrole nitrogens is 1. The van der Waals surface area contributed by atoms with Crippen LogP contribution in [0, 0.1) is 6.92 Å². The average Bonchev–Trinajstić information content (AvgIpc) is 3.38. The number of aryl methyl sites for hydroxylation is 2. The number of ether oxygens (including phenoxy) is 2. The number of imidazole rings is 1. The van der Waals surface area contributed by atoms with Crippen LogP contribution >= 0.6 is 0 Å². The Morgan fingerprint density at radius 2 is 1.80 bits per heavy atom. The first-order valence-electron chi connectivity index (χ1n) is 14.3. The molecule has 0 radical (unpaired) electrons.